The Kier molecular flexibility index (Phi) is 7.84. The molecule has 3 atom stereocenters. The average molecular weight is 532 g/mol. The third-order valence-corrected chi connectivity index (χ3v) is 7.72. The minimum Gasteiger partial charge on any atom is -0.496 e. The fourth-order valence-electron chi connectivity index (χ4n) is 5.82. The smallest absolute Gasteiger partial charge is 0.337 e. The van der Waals surface area contributed by atoms with Crippen molar-refractivity contribution in [2.75, 3.05) is 27.4 Å². The van der Waals surface area contributed by atoms with Gasteiger partial charge in [0.1, 0.15) is 12.4 Å². The Labute approximate surface area is 228 Å². The summed E-state index contributed by atoms with van der Waals surface area (Å²) < 4.78 is 21.7. The van der Waals surface area contributed by atoms with Gasteiger partial charge in [0, 0.05) is 41.8 Å². The monoisotopic (exact) mass is 531 g/mol. The van der Waals surface area contributed by atoms with Crippen molar-refractivity contribution >= 4 is 17.7 Å². The molecule has 0 amide bonds. The Balaban J connectivity index is 1.52. The molecular formula is C31H33NO7. The van der Waals surface area contributed by atoms with Crippen molar-refractivity contribution in [3.63, 3.8) is 0 Å². The summed E-state index contributed by atoms with van der Waals surface area (Å²) in [5.41, 5.74) is 4.47. The van der Waals surface area contributed by atoms with E-state index in [1.165, 1.54) is 7.11 Å². The Morgan fingerprint density at radius 1 is 1.03 bits per heavy atom. The molecule has 2 aliphatic heterocycles. The largest absolute Gasteiger partial charge is 0.496 e. The first-order valence-corrected chi connectivity index (χ1v) is 13.2. The maximum atomic E-state index is 13.9. The molecule has 204 valence electrons. The number of para-hydroxylation sites is 1. The summed E-state index contributed by atoms with van der Waals surface area (Å²) in [6.07, 6.45) is 2.55. The van der Waals surface area contributed by atoms with Gasteiger partial charge in [-0.25, -0.2) is 9.59 Å². The number of rotatable bonds is 7. The second kappa shape index (κ2) is 11.5. The number of dihydropyridines is 1. The van der Waals surface area contributed by atoms with E-state index in [9.17, 15) is 14.4 Å². The zero-order valence-electron chi connectivity index (χ0n) is 22.5. The topological polar surface area (TPSA) is 100 Å². The lowest BCUT2D eigenvalue weighted by Gasteiger charge is -2.37. The Bertz CT molecular complexity index is 1330. The minimum atomic E-state index is -0.629. The lowest BCUT2D eigenvalue weighted by Crippen LogP contribution is -2.36. The molecule has 1 N–H and O–H groups in total. The normalized spacial score (nSPS) is 22.7. The number of ketones is 1. The highest BCUT2D eigenvalue weighted by molar-refractivity contribution is 6.04. The molecule has 2 aromatic carbocycles. The maximum absolute atomic E-state index is 13.9. The SMILES string of the molecule is COC(=O)c1ccc([C@@H]2C(C(=O)OC[C@@H]3CCCO3)=C(C)NC3=C2C(=O)C[C@@H](c2ccccc2OC)C3)cc1. The number of carbonyl (C=O) groups is 3. The first-order chi connectivity index (χ1) is 18.9. The zero-order valence-corrected chi connectivity index (χ0v) is 22.5. The highest BCUT2D eigenvalue weighted by Crippen LogP contribution is 2.47. The quantitative estimate of drug-likeness (QED) is 0.519. The van der Waals surface area contributed by atoms with Crippen molar-refractivity contribution in [2.24, 2.45) is 0 Å². The summed E-state index contributed by atoms with van der Waals surface area (Å²) in [4.78, 5) is 39.4. The van der Waals surface area contributed by atoms with Crippen LogP contribution in [0.4, 0.5) is 0 Å². The van der Waals surface area contributed by atoms with E-state index in [4.69, 9.17) is 18.9 Å². The number of nitrogens with one attached hydrogen (secondary N) is 1. The number of allylic oxidation sites excluding steroid dienone is 3. The third kappa shape index (κ3) is 5.34. The van der Waals surface area contributed by atoms with Crippen LogP contribution < -0.4 is 10.1 Å². The summed E-state index contributed by atoms with van der Waals surface area (Å²) >= 11 is 0. The van der Waals surface area contributed by atoms with E-state index in [2.05, 4.69) is 5.32 Å². The third-order valence-electron chi connectivity index (χ3n) is 7.72. The van der Waals surface area contributed by atoms with E-state index in [0.717, 1.165) is 35.4 Å². The molecule has 3 aliphatic rings. The van der Waals surface area contributed by atoms with Crippen molar-refractivity contribution in [3.05, 3.63) is 87.8 Å². The predicted molar refractivity (Wildman–Crippen MR) is 143 cm³/mol. The van der Waals surface area contributed by atoms with Gasteiger partial charge in [-0.1, -0.05) is 30.3 Å². The standard InChI is InChI=1S/C31H33NO7/c1-18-27(31(35)39-17-22-7-6-14-38-22)28(19-10-12-20(13-11-19)30(34)37-3)29-24(32-18)15-21(16-25(29)33)23-8-4-5-9-26(23)36-2/h4-5,8-13,21-22,28,32H,6-7,14-17H2,1-3H3/t21-,22-,28+/m0/s1. The molecule has 39 heavy (non-hydrogen) atoms. The predicted octanol–water partition coefficient (Wildman–Crippen LogP) is 4.57. The van der Waals surface area contributed by atoms with Crippen LogP contribution in [0.1, 0.15) is 65.9 Å². The molecule has 0 saturated carbocycles. The second-order valence-corrected chi connectivity index (χ2v) is 10.1. The van der Waals surface area contributed by atoms with Crippen LogP contribution in [0.2, 0.25) is 0 Å². The van der Waals surface area contributed by atoms with Crippen LogP contribution in [0.15, 0.2) is 71.1 Å². The van der Waals surface area contributed by atoms with E-state index in [1.54, 1.807) is 31.4 Å². The van der Waals surface area contributed by atoms with Gasteiger partial charge < -0.3 is 24.3 Å². The van der Waals surface area contributed by atoms with Gasteiger partial charge in [0.15, 0.2) is 5.78 Å². The molecule has 0 bridgehead atoms. The van der Waals surface area contributed by atoms with Crippen LogP contribution in [0.3, 0.4) is 0 Å². The van der Waals surface area contributed by atoms with Crippen LogP contribution >= 0.6 is 0 Å². The van der Waals surface area contributed by atoms with Crippen molar-refractivity contribution in [1.82, 2.24) is 5.32 Å². The Morgan fingerprint density at radius 2 is 1.79 bits per heavy atom. The summed E-state index contributed by atoms with van der Waals surface area (Å²) in [7, 11) is 2.95. The lowest BCUT2D eigenvalue weighted by molar-refractivity contribution is -0.142. The molecule has 8 heteroatoms. The minimum absolute atomic E-state index is 0.0429. The van der Waals surface area contributed by atoms with Crippen LogP contribution in [0.25, 0.3) is 0 Å². The Hall–Kier alpha value is -3.91. The number of hydrogen-bond donors (Lipinski definition) is 1. The molecule has 2 aromatic rings. The van der Waals surface area contributed by atoms with E-state index in [1.807, 2.05) is 31.2 Å². The van der Waals surface area contributed by atoms with Crippen LogP contribution in [0.5, 0.6) is 5.75 Å². The van der Waals surface area contributed by atoms with Gasteiger partial charge in [-0.05, 0) is 55.5 Å². The molecule has 0 unspecified atom stereocenters. The number of benzene rings is 2. The van der Waals surface area contributed by atoms with Crippen LogP contribution in [0, 0.1) is 0 Å². The number of ether oxygens (including phenoxy) is 4. The highest BCUT2D eigenvalue weighted by atomic mass is 16.6. The summed E-state index contributed by atoms with van der Waals surface area (Å²) in [6, 6.07) is 14.6. The first-order valence-electron chi connectivity index (χ1n) is 13.2. The van der Waals surface area contributed by atoms with Crippen molar-refractivity contribution in [1.29, 1.82) is 0 Å². The van der Waals surface area contributed by atoms with Gasteiger partial charge >= 0.3 is 11.9 Å². The van der Waals surface area contributed by atoms with Gasteiger partial charge in [0.25, 0.3) is 0 Å². The number of Topliss-reactive ketones (excluding diaryl/α,β-unsaturated/α-hetero) is 1. The molecule has 5 rings (SSSR count). The fraction of sp³-hybridized carbons (Fsp3) is 0.387. The number of hydrogen-bond acceptors (Lipinski definition) is 8. The van der Waals surface area contributed by atoms with Crippen LogP contribution in [-0.4, -0.2) is 51.3 Å². The number of carbonyl (C=O) groups excluding carboxylic acids is 3. The molecule has 1 fully saturated rings. The number of methoxy groups -OCH3 is 2. The molecule has 2 heterocycles. The van der Waals surface area contributed by atoms with Gasteiger partial charge in [-0.3, -0.25) is 4.79 Å². The maximum Gasteiger partial charge on any atom is 0.337 e. The molecule has 1 saturated heterocycles. The van der Waals surface area contributed by atoms with E-state index in [-0.39, 0.29) is 30.8 Å². The van der Waals surface area contributed by atoms with Crippen LogP contribution in [-0.2, 0) is 23.8 Å². The van der Waals surface area contributed by atoms with Gasteiger partial charge in [-0.15, -0.1) is 0 Å². The van der Waals surface area contributed by atoms with Gasteiger partial charge in [0.05, 0.1) is 31.5 Å². The van der Waals surface area contributed by atoms with Crippen molar-refractivity contribution in [2.45, 2.75) is 50.5 Å². The summed E-state index contributed by atoms with van der Waals surface area (Å²) in [6.45, 7) is 2.66. The van der Waals surface area contributed by atoms with E-state index in [0.29, 0.717) is 35.4 Å². The molecule has 0 aromatic heterocycles. The van der Waals surface area contributed by atoms with Gasteiger partial charge in [-0.2, -0.15) is 0 Å². The van der Waals surface area contributed by atoms with Gasteiger partial charge in [0.2, 0.25) is 0 Å². The molecule has 8 nitrogen and oxygen atoms in total. The highest BCUT2D eigenvalue weighted by Gasteiger charge is 2.42. The van der Waals surface area contributed by atoms with Crippen molar-refractivity contribution in [3.8, 4) is 5.75 Å². The number of esters is 2. The molecule has 0 spiro atoms. The van der Waals surface area contributed by atoms with E-state index >= 15 is 0 Å². The lowest BCUT2D eigenvalue weighted by atomic mass is 9.71. The van der Waals surface area contributed by atoms with E-state index < -0.39 is 17.9 Å². The first kappa shape index (κ1) is 26.7. The molecule has 1 aliphatic carbocycles. The summed E-state index contributed by atoms with van der Waals surface area (Å²) in [5, 5.41) is 3.37. The second-order valence-electron chi connectivity index (χ2n) is 10.1. The zero-order chi connectivity index (χ0) is 27.5. The molecule has 0 radical (unpaired) electrons. The average Bonchev–Trinajstić information content (AvgIpc) is 3.48. The van der Waals surface area contributed by atoms with Crippen molar-refractivity contribution < 1.29 is 33.3 Å². The fourth-order valence-corrected chi connectivity index (χ4v) is 5.82. The molecular weight excluding hydrogens is 498 g/mol. The Morgan fingerprint density at radius 3 is 2.49 bits per heavy atom. The summed E-state index contributed by atoms with van der Waals surface area (Å²) in [5.74, 6) is -0.930.